The predicted molar refractivity (Wildman–Crippen MR) is 90.4 cm³/mol. The molecule has 0 atom stereocenters. The molecule has 3 aromatic rings. The first-order valence-electron chi connectivity index (χ1n) is 7.19. The molecule has 1 aromatic carbocycles. The van der Waals surface area contributed by atoms with Gasteiger partial charge in [-0.1, -0.05) is 18.2 Å². The van der Waals surface area contributed by atoms with Gasteiger partial charge in [-0.3, -0.25) is 5.43 Å². The molecule has 0 saturated carbocycles. The van der Waals surface area contributed by atoms with Crippen molar-refractivity contribution in [1.29, 1.82) is 0 Å². The summed E-state index contributed by atoms with van der Waals surface area (Å²) < 4.78 is 7.33. The van der Waals surface area contributed by atoms with Gasteiger partial charge in [0, 0.05) is 0 Å². The third-order valence-electron chi connectivity index (χ3n) is 3.21. The molecule has 2 heterocycles. The van der Waals surface area contributed by atoms with Gasteiger partial charge in [-0.25, -0.2) is 14.6 Å². The number of rotatable bonds is 5. The van der Waals surface area contributed by atoms with Crippen LogP contribution in [-0.2, 0) is 4.74 Å². The topological polar surface area (TPSA) is 90.5 Å². The molecule has 0 saturated heterocycles. The van der Waals surface area contributed by atoms with E-state index in [1.165, 1.54) is 22.8 Å². The molecule has 0 bridgehead atoms. The van der Waals surface area contributed by atoms with Crippen LogP contribution in [0.25, 0.3) is 5.65 Å². The lowest BCUT2D eigenvalue weighted by Gasteiger charge is -2.08. The normalized spacial score (nSPS) is 10.8. The molecule has 0 aliphatic carbocycles. The van der Waals surface area contributed by atoms with Gasteiger partial charge >= 0.3 is 11.7 Å². The molecule has 0 radical (unpaired) electrons. The van der Waals surface area contributed by atoms with E-state index in [0.29, 0.717) is 5.03 Å². The Labute approximate surface area is 141 Å². The predicted octanol–water partition coefficient (Wildman–Crippen LogP) is 1.66. The van der Waals surface area contributed by atoms with Crippen molar-refractivity contribution in [2.75, 3.05) is 18.3 Å². The minimum atomic E-state index is -0.544. The molecule has 0 spiro atoms. The SMILES string of the molecule is CCOC(=O)c1c(SC)nn2c(=O)n(Nc3ccccc3)cnc12. The summed E-state index contributed by atoms with van der Waals surface area (Å²) >= 11 is 1.25. The fourth-order valence-electron chi connectivity index (χ4n) is 2.16. The average molecular weight is 345 g/mol. The number of para-hydroxylation sites is 1. The molecule has 24 heavy (non-hydrogen) atoms. The molecule has 1 N–H and O–H groups in total. The van der Waals surface area contributed by atoms with Crippen molar-refractivity contribution >= 4 is 29.1 Å². The number of fused-ring (bicyclic) bond motifs is 1. The van der Waals surface area contributed by atoms with Crippen LogP contribution in [0.15, 0.2) is 46.5 Å². The van der Waals surface area contributed by atoms with Crippen molar-refractivity contribution in [3.63, 3.8) is 0 Å². The lowest BCUT2D eigenvalue weighted by atomic mass is 10.3. The van der Waals surface area contributed by atoms with Gasteiger partial charge in [0.25, 0.3) is 0 Å². The summed E-state index contributed by atoms with van der Waals surface area (Å²) in [7, 11) is 0. The molecule has 0 amide bonds. The summed E-state index contributed by atoms with van der Waals surface area (Å²) in [4.78, 5) is 28.9. The van der Waals surface area contributed by atoms with Crippen LogP contribution >= 0.6 is 11.8 Å². The average Bonchev–Trinajstić information content (AvgIpc) is 2.98. The van der Waals surface area contributed by atoms with Crippen LogP contribution in [0, 0.1) is 0 Å². The number of thioether (sulfide) groups is 1. The van der Waals surface area contributed by atoms with Gasteiger partial charge in [0.1, 0.15) is 16.9 Å². The number of anilines is 1. The van der Waals surface area contributed by atoms with Crippen LogP contribution in [0.4, 0.5) is 5.69 Å². The molecular weight excluding hydrogens is 330 g/mol. The molecule has 9 heteroatoms. The molecule has 2 aromatic heterocycles. The van der Waals surface area contributed by atoms with E-state index in [2.05, 4.69) is 15.5 Å². The van der Waals surface area contributed by atoms with E-state index in [4.69, 9.17) is 4.74 Å². The van der Waals surface area contributed by atoms with Gasteiger partial charge in [0.05, 0.1) is 12.3 Å². The number of hydrogen-bond donors (Lipinski definition) is 1. The van der Waals surface area contributed by atoms with E-state index >= 15 is 0 Å². The van der Waals surface area contributed by atoms with Crippen LogP contribution in [0.3, 0.4) is 0 Å². The van der Waals surface area contributed by atoms with Crippen molar-refractivity contribution < 1.29 is 9.53 Å². The van der Waals surface area contributed by atoms with Gasteiger partial charge in [0.15, 0.2) is 5.65 Å². The summed E-state index contributed by atoms with van der Waals surface area (Å²) in [6.45, 7) is 1.95. The quantitative estimate of drug-likeness (QED) is 0.555. The van der Waals surface area contributed by atoms with E-state index < -0.39 is 11.7 Å². The highest BCUT2D eigenvalue weighted by Gasteiger charge is 2.23. The van der Waals surface area contributed by atoms with E-state index in [-0.39, 0.29) is 17.8 Å². The zero-order chi connectivity index (χ0) is 17.1. The number of aromatic nitrogens is 4. The highest BCUT2D eigenvalue weighted by Crippen LogP contribution is 2.22. The van der Waals surface area contributed by atoms with E-state index in [9.17, 15) is 9.59 Å². The third kappa shape index (κ3) is 2.85. The summed E-state index contributed by atoms with van der Waals surface area (Å²) in [5, 5.41) is 4.58. The Morgan fingerprint density at radius 2 is 2.08 bits per heavy atom. The first-order chi connectivity index (χ1) is 11.7. The van der Waals surface area contributed by atoms with Crippen molar-refractivity contribution in [3.05, 3.63) is 52.7 Å². The smallest absolute Gasteiger partial charge is 0.371 e. The van der Waals surface area contributed by atoms with Gasteiger partial charge in [-0.05, 0) is 25.3 Å². The van der Waals surface area contributed by atoms with Crippen LogP contribution in [0.2, 0.25) is 0 Å². The number of esters is 1. The Balaban J connectivity index is 2.10. The van der Waals surface area contributed by atoms with Gasteiger partial charge in [-0.15, -0.1) is 11.8 Å². The molecule has 0 aliphatic rings. The number of nitrogens with zero attached hydrogens (tertiary/aromatic N) is 4. The van der Waals surface area contributed by atoms with Crippen molar-refractivity contribution in [2.24, 2.45) is 0 Å². The Kier molecular flexibility index (Phi) is 4.52. The highest BCUT2D eigenvalue weighted by molar-refractivity contribution is 7.98. The maximum absolute atomic E-state index is 12.6. The monoisotopic (exact) mass is 345 g/mol. The number of nitrogens with one attached hydrogen (secondary N) is 1. The molecule has 124 valence electrons. The Morgan fingerprint density at radius 1 is 1.33 bits per heavy atom. The van der Waals surface area contributed by atoms with Crippen LogP contribution < -0.4 is 11.1 Å². The number of benzene rings is 1. The highest BCUT2D eigenvalue weighted by atomic mass is 32.2. The largest absolute Gasteiger partial charge is 0.462 e. The molecule has 0 unspecified atom stereocenters. The van der Waals surface area contributed by atoms with Gasteiger partial charge < -0.3 is 4.74 Å². The Morgan fingerprint density at radius 3 is 2.75 bits per heavy atom. The lowest BCUT2D eigenvalue weighted by molar-refractivity contribution is 0.0524. The second-order valence-corrected chi connectivity index (χ2v) is 5.51. The van der Waals surface area contributed by atoms with Gasteiger partial charge in [0.2, 0.25) is 0 Å². The number of ether oxygens (including phenoxy) is 1. The van der Waals surface area contributed by atoms with Gasteiger partial charge in [-0.2, -0.15) is 14.3 Å². The summed E-state index contributed by atoms with van der Waals surface area (Å²) in [6.07, 6.45) is 3.09. The summed E-state index contributed by atoms with van der Waals surface area (Å²) in [5.74, 6) is -0.544. The van der Waals surface area contributed by atoms with E-state index in [1.54, 1.807) is 13.2 Å². The fourth-order valence-corrected chi connectivity index (χ4v) is 2.70. The maximum Gasteiger partial charge on any atom is 0.371 e. The summed E-state index contributed by atoms with van der Waals surface area (Å²) in [6, 6.07) is 9.20. The molecule has 0 fully saturated rings. The van der Waals surface area contributed by atoms with E-state index in [1.807, 2.05) is 30.3 Å². The second kappa shape index (κ2) is 6.75. The Hall–Kier alpha value is -2.81. The Bertz CT molecular complexity index is 935. The standard InChI is InChI=1S/C15H15N5O3S/c1-3-23-14(21)11-12-16-9-19(17-10-7-5-4-6-8-10)15(22)20(12)18-13(11)24-2/h4-9,17H,3H2,1-2H3. The zero-order valence-corrected chi connectivity index (χ0v) is 13.9. The third-order valence-corrected chi connectivity index (χ3v) is 3.88. The maximum atomic E-state index is 12.6. The first-order valence-corrected chi connectivity index (χ1v) is 8.41. The summed E-state index contributed by atoms with van der Waals surface area (Å²) in [5.41, 5.74) is 3.56. The molecular formula is C15H15N5O3S. The van der Waals surface area contributed by atoms with Crippen LogP contribution in [-0.4, -0.2) is 38.1 Å². The number of carbonyl (C=O) groups excluding carboxylic acids is 1. The minimum Gasteiger partial charge on any atom is -0.462 e. The van der Waals surface area contributed by atoms with Crippen molar-refractivity contribution in [1.82, 2.24) is 19.3 Å². The molecule has 3 rings (SSSR count). The fraction of sp³-hybridized carbons (Fsp3) is 0.200. The molecule has 8 nitrogen and oxygen atoms in total. The first kappa shape index (κ1) is 16.1. The van der Waals surface area contributed by atoms with E-state index in [0.717, 1.165) is 10.2 Å². The lowest BCUT2D eigenvalue weighted by Crippen LogP contribution is -2.32. The van der Waals surface area contributed by atoms with Crippen molar-refractivity contribution in [2.45, 2.75) is 11.9 Å². The zero-order valence-electron chi connectivity index (χ0n) is 13.1. The van der Waals surface area contributed by atoms with Crippen molar-refractivity contribution in [3.8, 4) is 0 Å². The number of hydrogen-bond acceptors (Lipinski definition) is 7. The van der Waals surface area contributed by atoms with Crippen LogP contribution in [0.5, 0.6) is 0 Å². The second-order valence-electron chi connectivity index (χ2n) is 4.72. The molecule has 0 aliphatic heterocycles. The minimum absolute atomic E-state index is 0.175. The number of carbonyl (C=O) groups is 1. The van der Waals surface area contributed by atoms with Crippen LogP contribution in [0.1, 0.15) is 17.3 Å².